The van der Waals surface area contributed by atoms with Crippen molar-refractivity contribution in [3.63, 3.8) is 0 Å². The van der Waals surface area contributed by atoms with Gasteiger partial charge in [0, 0.05) is 11.8 Å². The Morgan fingerprint density at radius 2 is 1.89 bits per heavy atom. The first-order valence-electron chi connectivity index (χ1n) is 5.59. The Morgan fingerprint density at radius 3 is 2.58 bits per heavy atom. The van der Waals surface area contributed by atoms with Gasteiger partial charge in [-0.1, -0.05) is 6.07 Å². The van der Waals surface area contributed by atoms with E-state index in [1.54, 1.807) is 42.6 Å². The van der Waals surface area contributed by atoms with Crippen LogP contribution in [0.2, 0.25) is 0 Å². The van der Waals surface area contributed by atoms with Gasteiger partial charge < -0.3 is 9.72 Å². The van der Waals surface area contributed by atoms with Crippen LogP contribution in [0.25, 0.3) is 0 Å². The summed E-state index contributed by atoms with van der Waals surface area (Å²) in [6.45, 7) is 0. The molecule has 6 nitrogen and oxygen atoms in total. The maximum atomic E-state index is 11.8. The van der Waals surface area contributed by atoms with E-state index in [1.165, 1.54) is 7.11 Å². The van der Waals surface area contributed by atoms with E-state index in [1.807, 2.05) is 0 Å². The van der Waals surface area contributed by atoms with Crippen molar-refractivity contribution in [2.45, 2.75) is 0 Å². The molecule has 3 N–H and O–H groups in total. The highest BCUT2D eigenvalue weighted by Crippen LogP contribution is 2.11. The van der Waals surface area contributed by atoms with Crippen LogP contribution in [0.3, 0.4) is 0 Å². The lowest BCUT2D eigenvalue weighted by molar-refractivity contribution is 0.0844. The minimum absolute atomic E-state index is 0.367. The van der Waals surface area contributed by atoms with E-state index >= 15 is 0 Å². The minimum Gasteiger partial charge on any atom is -0.497 e. The molecule has 1 aromatic heterocycles. The number of benzene rings is 1. The van der Waals surface area contributed by atoms with E-state index in [0.29, 0.717) is 17.0 Å². The summed E-state index contributed by atoms with van der Waals surface area (Å²) in [6.07, 6.45) is 1.62. The first kappa shape index (κ1) is 12.7. The maximum absolute atomic E-state index is 11.8. The lowest BCUT2D eigenvalue weighted by atomic mass is 10.2. The molecule has 0 unspecified atom stereocenters. The fraction of sp³-hybridized carbons (Fsp3) is 0.0769. The summed E-state index contributed by atoms with van der Waals surface area (Å²) in [5, 5.41) is 0. The highest BCUT2D eigenvalue weighted by atomic mass is 16.5. The van der Waals surface area contributed by atoms with Gasteiger partial charge in [-0.25, -0.2) is 0 Å². The monoisotopic (exact) mass is 259 g/mol. The van der Waals surface area contributed by atoms with E-state index in [0.717, 1.165) is 0 Å². The Hall–Kier alpha value is -2.76. The highest BCUT2D eigenvalue weighted by Gasteiger charge is 2.09. The standard InChI is InChI=1S/C13H13N3O3/c1-19-10-5-2-4-9(8-10)12(17)15-16-13(18)11-6-3-7-14-11/h2-8,14H,1H3,(H,15,17)(H,16,18). The second kappa shape index (κ2) is 5.72. The van der Waals surface area contributed by atoms with Gasteiger partial charge >= 0.3 is 0 Å². The van der Waals surface area contributed by atoms with Crippen molar-refractivity contribution in [3.05, 3.63) is 53.9 Å². The fourth-order valence-corrected chi connectivity index (χ4v) is 1.49. The number of hydrazine groups is 1. The molecule has 2 amide bonds. The van der Waals surface area contributed by atoms with Crippen molar-refractivity contribution in [1.82, 2.24) is 15.8 Å². The third-order valence-corrected chi connectivity index (χ3v) is 2.46. The van der Waals surface area contributed by atoms with Crippen LogP contribution in [0, 0.1) is 0 Å². The Kier molecular flexibility index (Phi) is 3.82. The number of aromatic amines is 1. The number of methoxy groups -OCH3 is 1. The Morgan fingerprint density at radius 1 is 1.11 bits per heavy atom. The number of aromatic nitrogens is 1. The lowest BCUT2D eigenvalue weighted by Gasteiger charge is -2.07. The molecule has 6 heteroatoms. The van der Waals surface area contributed by atoms with Crippen molar-refractivity contribution in [2.24, 2.45) is 0 Å². The Bertz CT molecular complexity index is 579. The summed E-state index contributed by atoms with van der Waals surface area (Å²) in [7, 11) is 1.52. The smallest absolute Gasteiger partial charge is 0.286 e. The van der Waals surface area contributed by atoms with Crippen LogP contribution in [0.15, 0.2) is 42.6 Å². The maximum Gasteiger partial charge on any atom is 0.286 e. The molecule has 0 spiro atoms. The van der Waals surface area contributed by atoms with Crippen molar-refractivity contribution in [2.75, 3.05) is 7.11 Å². The molecule has 98 valence electrons. The number of rotatable bonds is 3. The second-order valence-corrected chi connectivity index (χ2v) is 3.72. The number of nitrogens with one attached hydrogen (secondary N) is 3. The third kappa shape index (κ3) is 3.12. The first-order chi connectivity index (χ1) is 9.20. The molecule has 0 aliphatic heterocycles. The van der Waals surface area contributed by atoms with Crippen LogP contribution in [-0.2, 0) is 0 Å². The number of amides is 2. The number of ether oxygens (including phenoxy) is 1. The molecule has 0 aliphatic rings. The van der Waals surface area contributed by atoms with Crippen molar-refractivity contribution < 1.29 is 14.3 Å². The molecule has 0 bridgehead atoms. The van der Waals surface area contributed by atoms with Crippen LogP contribution in [0.1, 0.15) is 20.8 Å². The van der Waals surface area contributed by atoms with Gasteiger partial charge in [0.2, 0.25) is 0 Å². The molecule has 0 radical (unpaired) electrons. The van der Waals surface area contributed by atoms with Crippen molar-refractivity contribution >= 4 is 11.8 Å². The normalized spacial score (nSPS) is 9.74. The van der Waals surface area contributed by atoms with Crippen molar-refractivity contribution in [1.29, 1.82) is 0 Å². The van der Waals surface area contributed by atoms with Crippen LogP contribution in [0.4, 0.5) is 0 Å². The molecular formula is C13H13N3O3. The van der Waals surface area contributed by atoms with E-state index in [2.05, 4.69) is 15.8 Å². The number of hydrogen-bond donors (Lipinski definition) is 3. The summed E-state index contributed by atoms with van der Waals surface area (Å²) in [5.74, 6) is -0.261. The minimum atomic E-state index is -0.418. The van der Waals surface area contributed by atoms with Crippen LogP contribution in [-0.4, -0.2) is 23.9 Å². The molecule has 2 rings (SSSR count). The molecule has 1 aromatic carbocycles. The third-order valence-electron chi connectivity index (χ3n) is 2.46. The largest absolute Gasteiger partial charge is 0.497 e. The zero-order chi connectivity index (χ0) is 13.7. The SMILES string of the molecule is COc1cccc(C(=O)NNC(=O)c2ccc[nH]2)c1. The number of carbonyl (C=O) groups excluding carboxylic acids is 2. The molecule has 0 saturated heterocycles. The predicted molar refractivity (Wildman–Crippen MR) is 68.7 cm³/mol. The number of H-pyrrole nitrogens is 1. The molecule has 1 heterocycles. The molecule has 19 heavy (non-hydrogen) atoms. The van der Waals surface area contributed by atoms with Gasteiger partial charge in [0.05, 0.1) is 7.11 Å². The molecule has 0 saturated carbocycles. The number of carbonyl (C=O) groups is 2. The van der Waals surface area contributed by atoms with Gasteiger partial charge in [-0.05, 0) is 30.3 Å². The van der Waals surface area contributed by atoms with Crippen LogP contribution in [0.5, 0.6) is 5.75 Å². The summed E-state index contributed by atoms with van der Waals surface area (Å²) in [5.41, 5.74) is 5.40. The molecule has 0 fully saturated rings. The van der Waals surface area contributed by atoms with Gasteiger partial charge in [-0.2, -0.15) is 0 Å². The zero-order valence-electron chi connectivity index (χ0n) is 10.3. The van der Waals surface area contributed by atoms with E-state index < -0.39 is 11.8 Å². The zero-order valence-corrected chi connectivity index (χ0v) is 10.3. The van der Waals surface area contributed by atoms with Crippen LogP contribution < -0.4 is 15.6 Å². The van der Waals surface area contributed by atoms with Gasteiger partial charge in [-0.3, -0.25) is 20.4 Å². The Labute approximate surface area is 109 Å². The quantitative estimate of drug-likeness (QED) is 0.722. The summed E-state index contributed by atoms with van der Waals surface area (Å²) in [4.78, 5) is 26.1. The summed E-state index contributed by atoms with van der Waals surface area (Å²) < 4.78 is 5.02. The first-order valence-corrected chi connectivity index (χ1v) is 5.59. The lowest BCUT2D eigenvalue weighted by Crippen LogP contribution is -2.41. The van der Waals surface area contributed by atoms with Gasteiger partial charge in [0.15, 0.2) is 0 Å². The number of hydrogen-bond acceptors (Lipinski definition) is 3. The summed E-state index contributed by atoms with van der Waals surface area (Å²) >= 11 is 0. The molecule has 0 aliphatic carbocycles. The van der Waals surface area contributed by atoms with Gasteiger partial charge in [0.25, 0.3) is 11.8 Å². The second-order valence-electron chi connectivity index (χ2n) is 3.72. The fourth-order valence-electron chi connectivity index (χ4n) is 1.49. The van der Waals surface area contributed by atoms with E-state index in [4.69, 9.17) is 4.74 Å². The molecular weight excluding hydrogens is 246 g/mol. The van der Waals surface area contributed by atoms with Gasteiger partial charge in [0.1, 0.15) is 11.4 Å². The van der Waals surface area contributed by atoms with E-state index in [-0.39, 0.29) is 0 Å². The van der Waals surface area contributed by atoms with E-state index in [9.17, 15) is 9.59 Å². The summed E-state index contributed by atoms with van der Waals surface area (Å²) in [6, 6.07) is 9.93. The molecule has 2 aromatic rings. The molecule has 0 atom stereocenters. The average molecular weight is 259 g/mol. The Balaban J connectivity index is 1.96. The topological polar surface area (TPSA) is 83.2 Å². The van der Waals surface area contributed by atoms with Crippen LogP contribution >= 0.6 is 0 Å². The van der Waals surface area contributed by atoms with Crippen molar-refractivity contribution in [3.8, 4) is 5.75 Å². The average Bonchev–Trinajstić information content (AvgIpc) is 2.98. The van der Waals surface area contributed by atoms with Gasteiger partial charge in [-0.15, -0.1) is 0 Å². The predicted octanol–water partition coefficient (Wildman–Crippen LogP) is 1.10. The highest BCUT2D eigenvalue weighted by molar-refractivity contribution is 5.98.